The van der Waals surface area contributed by atoms with Crippen LogP contribution in [0.3, 0.4) is 0 Å². The zero-order valence-electron chi connectivity index (χ0n) is 6.60. The third-order valence-corrected chi connectivity index (χ3v) is 2.35. The Bertz CT molecular complexity index is 267. The molecule has 0 radical (unpaired) electrons. The van der Waals surface area contributed by atoms with Crippen molar-refractivity contribution in [3.63, 3.8) is 0 Å². The Labute approximate surface area is 84.0 Å². The summed E-state index contributed by atoms with van der Waals surface area (Å²) in [4.78, 5) is 0. The van der Waals surface area contributed by atoms with Gasteiger partial charge in [0.2, 0.25) is 0 Å². The van der Waals surface area contributed by atoms with Crippen molar-refractivity contribution in [2.45, 2.75) is 6.54 Å². The molecule has 0 saturated heterocycles. The Balaban J connectivity index is 2.72. The SMILES string of the molecule is CSNCc1ccc(Br)cc1F. The van der Waals surface area contributed by atoms with E-state index in [1.54, 1.807) is 6.07 Å². The van der Waals surface area contributed by atoms with Gasteiger partial charge in [0, 0.05) is 16.6 Å². The highest BCUT2D eigenvalue weighted by Gasteiger charge is 2.00. The van der Waals surface area contributed by atoms with E-state index >= 15 is 0 Å². The molecule has 12 heavy (non-hydrogen) atoms. The van der Waals surface area contributed by atoms with Gasteiger partial charge < -0.3 is 0 Å². The van der Waals surface area contributed by atoms with E-state index in [2.05, 4.69) is 20.7 Å². The molecule has 0 amide bonds. The number of hydrogen-bond donors (Lipinski definition) is 1. The average Bonchev–Trinajstić information content (AvgIpc) is 2.03. The Hall–Kier alpha value is -0.0600. The van der Waals surface area contributed by atoms with Gasteiger partial charge in [0.15, 0.2) is 0 Å². The van der Waals surface area contributed by atoms with Crippen LogP contribution in [0.1, 0.15) is 5.56 Å². The van der Waals surface area contributed by atoms with Gasteiger partial charge in [0.1, 0.15) is 5.82 Å². The Kier molecular flexibility index (Phi) is 4.05. The minimum absolute atomic E-state index is 0.175. The van der Waals surface area contributed by atoms with Gasteiger partial charge in [-0.3, -0.25) is 4.72 Å². The minimum atomic E-state index is -0.175. The summed E-state index contributed by atoms with van der Waals surface area (Å²) in [6.45, 7) is 0.556. The molecule has 0 aliphatic heterocycles. The Morgan fingerprint density at radius 2 is 2.33 bits per heavy atom. The maximum atomic E-state index is 13.1. The first kappa shape index (κ1) is 10.0. The Morgan fingerprint density at radius 3 is 2.92 bits per heavy atom. The van der Waals surface area contributed by atoms with Gasteiger partial charge in [-0.15, -0.1) is 0 Å². The van der Waals surface area contributed by atoms with E-state index in [9.17, 15) is 4.39 Å². The van der Waals surface area contributed by atoms with Gasteiger partial charge in [0.25, 0.3) is 0 Å². The second-order valence-electron chi connectivity index (χ2n) is 2.26. The average molecular weight is 250 g/mol. The molecule has 0 spiro atoms. The molecule has 1 aromatic carbocycles. The van der Waals surface area contributed by atoms with E-state index < -0.39 is 0 Å². The molecule has 0 heterocycles. The molecule has 0 unspecified atom stereocenters. The van der Waals surface area contributed by atoms with Gasteiger partial charge in [-0.25, -0.2) is 4.39 Å². The molecule has 1 aromatic rings. The molecular weight excluding hydrogens is 241 g/mol. The van der Waals surface area contributed by atoms with Crippen LogP contribution in [0.2, 0.25) is 0 Å². The summed E-state index contributed by atoms with van der Waals surface area (Å²) >= 11 is 4.68. The summed E-state index contributed by atoms with van der Waals surface area (Å²) in [5.41, 5.74) is 0.688. The summed E-state index contributed by atoms with van der Waals surface area (Å²) in [7, 11) is 0. The highest BCUT2D eigenvalue weighted by Crippen LogP contribution is 2.15. The lowest BCUT2D eigenvalue weighted by molar-refractivity contribution is 0.607. The highest BCUT2D eigenvalue weighted by atomic mass is 79.9. The monoisotopic (exact) mass is 249 g/mol. The first-order valence-corrected chi connectivity index (χ1v) is 5.45. The minimum Gasteiger partial charge on any atom is -0.260 e. The maximum absolute atomic E-state index is 13.1. The third-order valence-electron chi connectivity index (χ3n) is 1.42. The van der Waals surface area contributed by atoms with Crippen LogP contribution < -0.4 is 4.72 Å². The molecule has 1 N–H and O–H groups in total. The molecule has 0 aliphatic rings. The lowest BCUT2D eigenvalue weighted by atomic mass is 10.2. The van der Waals surface area contributed by atoms with Crippen LogP contribution in [0, 0.1) is 5.82 Å². The summed E-state index contributed by atoms with van der Waals surface area (Å²) in [6.07, 6.45) is 1.91. The molecule has 4 heteroatoms. The second-order valence-corrected chi connectivity index (χ2v) is 3.87. The van der Waals surface area contributed by atoms with E-state index in [1.165, 1.54) is 18.0 Å². The summed E-state index contributed by atoms with van der Waals surface area (Å²) in [5, 5.41) is 0. The normalized spacial score (nSPS) is 10.2. The molecule has 1 rings (SSSR count). The van der Waals surface area contributed by atoms with Crippen molar-refractivity contribution < 1.29 is 4.39 Å². The number of benzene rings is 1. The van der Waals surface area contributed by atoms with Crippen LogP contribution in [-0.4, -0.2) is 6.26 Å². The first-order chi connectivity index (χ1) is 5.74. The molecule has 66 valence electrons. The molecule has 0 fully saturated rings. The topological polar surface area (TPSA) is 12.0 Å². The van der Waals surface area contributed by atoms with Crippen LogP contribution in [-0.2, 0) is 6.54 Å². The predicted molar refractivity (Wildman–Crippen MR) is 54.5 cm³/mol. The summed E-state index contributed by atoms with van der Waals surface area (Å²) < 4.78 is 16.9. The van der Waals surface area contributed by atoms with Crippen LogP contribution in [0.25, 0.3) is 0 Å². The van der Waals surface area contributed by atoms with Crippen molar-refractivity contribution in [1.82, 2.24) is 4.72 Å². The smallest absolute Gasteiger partial charge is 0.128 e. The number of halogens is 2. The molecule has 1 nitrogen and oxygen atoms in total. The van der Waals surface area contributed by atoms with E-state index in [4.69, 9.17) is 0 Å². The predicted octanol–water partition coefficient (Wildman–Crippen LogP) is 2.96. The number of nitrogens with one attached hydrogen (secondary N) is 1. The fourth-order valence-electron chi connectivity index (χ4n) is 0.815. The maximum Gasteiger partial charge on any atom is 0.128 e. The van der Waals surface area contributed by atoms with Crippen molar-refractivity contribution in [3.05, 3.63) is 34.1 Å². The van der Waals surface area contributed by atoms with Crippen LogP contribution in [0.5, 0.6) is 0 Å². The molecule has 0 aliphatic carbocycles. The second kappa shape index (κ2) is 4.84. The highest BCUT2D eigenvalue weighted by molar-refractivity contribution is 9.10. The molecular formula is C8H9BrFNS. The van der Waals surface area contributed by atoms with Gasteiger partial charge in [0.05, 0.1) is 0 Å². The quantitative estimate of drug-likeness (QED) is 0.828. The van der Waals surface area contributed by atoms with Crippen molar-refractivity contribution >= 4 is 27.9 Å². The molecule has 0 atom stereocenters. The van der Waals surface area contributed by atoms with Crippen LogP contribution in [0.4, 0.5) is 4.39 Å². The zero-order valence-corrected chi connectivity index (χ0v) is 9.01. The molecule has 0 saturated carbocycles. The summed E-state index contributed by atoms with van der Waals surface area (Å²) in [5.74, 6) is -0.175. The van der Waals surface area contributed by atoms with Gasteiger partial charge >= 0.3 is 0 Å². The van der Waals surface area contributed by atoms with Gasteiger partial charge in [-0.05, 0) is 18.4 Å². The van der Waals surface area contributed by atoms with Crippen molar-refractivity contribution in [3.8, 4) is 0 Å². The fourth-order valence-corrected chi connectivity index (χ4v) is 1.45. The van der Waals surface area contributed by atoms with Crippen LogP contribution >= 0.6 is 27.9 Å². The molecule has 0 aromatic heterocycles. The van der Waals surface area contributed by atoms with E-state index in [1.807, 2.05) is 12.3 Å². The number of hydrogen-bond acceptors (Lipinski definition) is 2. The standard InChI is InChI=1S/C8H9BrFNS/c1-12-11-5-6-2-3-7(9)4-8(6)10/h2-4,11H,5H2,1H3. The number of rotatable bonds is 3. The van der Waals surface area contributed by atoms with Crippen molar-refractivity contribution in [2.24, 2.45) is 0 Å². The van der Waals surface area contributed by atoms with E-state index in [0.717, 1.165) is 4.47 Å². The van der Waals surface area contributed by atoms with Gasteiger partial charge in [-0.2, -0.15) is 0 Å². The van der Waals surface area contributed by atoms with Crippen LogP contribution in [0.15, 0.2) is 22.7 Å². The summed E-state index contributed by atoms with van der Waals surface area (Å²) in [6, 6.07) is 5.07. The third kappa shape index (κ3) is 2.77. The lowest BCUT2D eigenvalue weighted by Gasteiger charge is -2.02. The largest absolute Gasteiger partial charge is 0.260 e. The molecule has 0 bridgehead atoms. The zero-order chi connectivity index (χ0) is 8.97. The van der Waals surface area contributed by atoms with E-state index in [-0.39, 0.29) is 5.82 Å². The van der Waals surface area contributed by atoms with Crippen molar-refractivity contribution in [1.29, 1.82) is 0 Å². The lowest BCUT2D eigenvalue weighted by Crippen LogP contribution is -2.03. The van der Waals surface area contributed by atoms with E-state index in [0.29, 0.717) is 12.1 Å². The first-order valence-electron chi connectivity index (χ1n) is 3.44. The fraction of sp³-hybridized carbons (Fsp3) is 0.250. The Morgan fingerprint density at radius 1 is 1.58 bits per heavy atom. The van der Waals surface area contributed by atoms with Crippen molar-refractivity contribution in [2.75, 3.05) is 6.26 Å². The van der Waals surface area contributed by atoms with Gasteiger partial charge in [-0.1, -0.05) is 33.9 Å².